The number of aromatic nitrogens is 3. The van der Waals surface area contributed by atoms with Crippen LogP contribution in [0.15, 0.2) is 28.8 Å². The van der Waals surface area contributed by atoms with Gasteiger partial charge in [0.05, 0.1) is 13.2 Å². The molecule has 0 spiro atoms. The standard InChI is InChI=1S/C21H25N5O3.C2H6/c1-25-7-5-14(6-8-25)17-18-19(29-24-17)21(26-9-11-28-12-10-26)23-20(22-18)15-3-2-4-16(27)13-15;1-2/h2-4,13-14,27H,5-12H2,1H3;1-2H3. The second kappa shape index (κ2) is 9.62. The first-order valence-corrected chi connectivity index (χ1v) is 11.2. The predicted molar refractivity (Wildman–Crippen MR) is 121 cm³/mol. The van der Waals surface area contributed by atoms with Crippen LogP contribution in [0.2, 0.25) is 0 Å². The molecule has 1 N–H and O–H groups in total. The molecule has 2 aliphatic heterocycles. The summed E-state index contributed by atoms with van der Waals surface area (Å²) in [5, 5.41) is 14.4. The number of hydrogen-bond acceptors (Lipinski definition) is 8. The molecule has 0 saturated carbocycles. The Balaban J connectivity index is 0.00000112. The quantitative estimate of drug-likeness (QED) is 0.680. The first-order chi connectivity index (χ1) is 15.2. The fraction of sp³-hybridized carbons (Fsp3) is 0.522. The summed E-state index contributed by atoms with van der Waals surface area (Å²) in [6, 6.07) is 7.05. The van der Waals surface area contributed by atoms with Gasteiger partial charge in [-0.25, -0.2) is 9.97 Å². The van der Waals surface area contributed by atoms with E-state index in [-0.39, 0.29) is 5.75 Å². The minimum absolute atomic E-state index is 0.194. The lowest BCUT2D eigenvalue weighted by molar-refractivity contribution is 0.122. The number of ether oxygens (including phenoxy) is 1. The highest BCUT2D eigenvalue weighted by Crippen LogP contribution is 2.36. The van der Waals surface area contributed by atoms with Crippen LogP contribution in [0.4, 0.5) is 5.82 Å². The Bertz CT molecular complexity index is 1010. The zero-order chi connectivity index (χ0) is 21.8. The van der Waals surface area contributed by atoms with Crippen LogP contribution in [0.1, 0.15) is 38.3 Å². The maximum Gasteiger partial charge on any atom is 0.227 e. The van der Waals surface area contributed by atoms with E-state index in [0.717, 1.165) is 61.6 Å². The van der Waals surface area contributed by atoms with Crippen LogP contribution < -0.4 is 4.90 Å². The van der Waals surface area contributed by atoms with Gasteiger partial charge in [-0.1, -0.05) is 31.1 Å². The van der Waals surface area contributed by atoms with Gasteiger partial charge in [-0.2, -0.15) is 0 Å². The molecular weight excluding hydrogens is 394 g/mol. The third kappa shape index (κ3) is 4.50. The zero-order valence-corrected chi connectivity index (χ0v) is 18.5. The van der Waals surface area contributed by atoms with Crippen molar-refractivity contribution in [2.24, 2.45) is 0 Å². The molecule has 0 radical (unpaired) electrons. The molecule has 2 aliphatic rings. The van der Waals surface area contributed by atoms with Gasteiger partial charge < -0.3 is 24.2 Å². The number of hydrogen-bond donors (Lipinski definition) is 1. The molecule has 2 aromatic heterocycles. The highest BCUT2D eigenvalue weighted by Gasteiger charge is 2.28. The second-order valence-corrected chi connectivity index (χ2v) is 7.84. The summed E-state index contributed by atoms with van der Waals surface area (Å²) in [5.41, 5.74) is 3.13. The van der Waals surface area contributed by atoms with E-state index in [0.29, 0.717) is 30.5 Å². The number of nitrogens with zero attached hydrogens (tertiary/aromatic N) is 5. The van der Waals surface area contributed by atoms with Gasteiger partial charge in [-0.05, 0) is 45.1 Å². The maximum atomic E-state index is 9.93. The van der Waals surface area contributed by atoms with Crippen molar-refractivity contribution in [1.82, 2.24) is 20.0 Å². The van der Waals surface area contributed by atoms with Crippen LogP contribution in [0, 0.1) is 0 Å². The van der Waals surface area contributed by atoms with E-state index >= 15 is 0 Å². The molecule has 8 nitrogen and oxygen atoms in total. The fourth-order valence-electron chi connectivity index (χ4n) is 4.15. The lowest BCUT2D eigenvalue weighted by atomic mass is 9.93. The molecule has 4 heterocycles. The zero-order valence-electron chi connectivity index (χ0n) is 18.5. The van der Waals surface area contributed by atoms with E-state index in [1.807, 2.05) is 19.9 Å². The third-order valence-electron chi connectivity index (χ3n) is 5.85. The number of anilines is 1. The van der Waals surface area contributed by atoms with E-state index in [2.05, 4.69) is 22.0 Å². The van der Waals surface area contributed by atoms with Crippen molar-refractivity contribution in [2.75, 3.05) is 51.3 Å². The monoisotopic (exact) mass is 425 g/mol. The number of morpholine rings is 1. The fourth-order valence-corrected chi connectivity index (χ4v) is 4.15. The Morgan fingerprint density at radius 3 is 2.48 bits per heavy atom. The minimum atomic E-state index is 0.194. The van der Waals surface area contributed by atoms with E-state index < -0.39 is 0 Å². The van der Waals surface area contributed by atoms with E-state index in [9.17, 15) is 5.11 Å². The van der Waals surface area contributed by atoms with E-state index in [1.165, 1.54) is 0 Å². The van der Waals surface area contributed by atoms with E-state index in [4.69, 9.17) is 19.2 Å². The van der Waals surface area contributed by atoms with Gasteiger partial charge in [0.1, 0.15) is 17.0 Å². The van der Waals surface area contributed by atoms with Crippen molar-refractivity contribution in [3.63, 3.8) is 0 Å². The Hall–Kier alpha value is -2.71. The summed E-state index contributed by atoms with van der Waals surface area (Å²) < 4.78 is 11.3. The van der Waals surface area contributed by atoms with Gasteiger partial charge in [0.15, 0.2) is 11.6 Å². The Morgan fingerprint density at radius 2 is 1.77 bits per heavy atom. The molecule has 0 unspecified atom stereocenters. The van der Waals surface area contributed by atoms with Crippen molar-refractivity contribution in [3.05, 3.63) is 30.0 Å². The van der Waals surface area contributed by atoms with Gasteiger partial charge >= 0.3 is 0 Å². The molecule has 2 saturated heterocycles. The van der Waals surface area contributed by atoms with Gasteiger partial charge in [-0.15, -0.1) is 0 Å². The number of rotatable bonds is 3. The molecule has 166 valence electrons. The highest BCUT2D eigenvalue weighted by atomic mass is 16.5. The van der Waals surface area contributed by atoms with Gasteiger partial charge in [0.2, 0.25) is 5.58 Å². The van der Waals surface area contributed by atoms with Gasteiger partial charge in [0, 0.05) is 24.6 Å². The Kier molecular flexibility index (Phi) is 6.67. The average molecular weight is 426 g/mol. The lowest BCUT2D eigenvalue weighted by Gasteiger charge is -2.28. The van der Waals surface area contributed by atoms with Gasteiger partial charge in [0.25, 0.3) is 0 Å². The molecule has 0 aliphatic carbocycles. The lowest BCUT2D eigenvalue weighted by Crippen LogP contribution is -2.37. The minimum Gasteiger partial charge on any atom is -0.508 e. The molecule has 8 heteroatoms. The molecule has 0 atom stereocenters. The van der Waals surface area contributed by atoms with Crippen LogP contribution in [0.5, 0.6) is 5.75 Å². The molecule has 2 fully saturated rings. The number of fused-ring (bicyclic) bond motifs is 1. The summed E-state index contributed by atoms with van der Waals surface area (Å²) in [6.45, 7) is 8.89. The predicted octanol–water partition coefficient (Wildman–Crippen LogP) is 3.66. The van der Waals surface area contributed by atoms with Crippen LogP contribution >= 0.6 is 0 Å². The first-order valence-electron chi connectivity index (χ1n) is 11.2. The smallest absolute Gasteiger partial charge is 0.227 e. The molecule has 1 aromatic carbocycles. The Labute approximate surface area is 182 Å². The van der Waals surface area contributed by atoms with Crippen LogP contribution in [-0.2, 0) is 4.74 Å². The van der Waals surface area contributed by atoms with Crippen LogP contribution in [-0.4, -0.2) is 71.6 Å². The van der Waals surface area contributed by atoms with Crippen molar-refractivity contribution in [3.8, 4) is 17.1 Å². The summed E-state index contributed by atoms with van der Waals surface area (Å²) in [7, 11) is 2.15. The molecule has 0 amide bonds. The summed E-state index contributed by atoms with van der Waals surface area (Å²) in [4.78, 5) is 14.2. The molecule has 3 aromatic rings. The van der Waals surface area contributed by atoms with Crippen molar-refractivity contribution in [2.45, 2.75) is 32.6 Å². The largest absolute Gasteiger partial charge is 0.508 e. The van der Waals surface area contributed by atoms with Crippen LogP contribution in [0.25, 0.3) is 22.5 Å². The molecular formula is C23H31N5O3. The molecule has 5 rings (SSSR count). The van der Waals surface area contributed by atoms with Crippen LogP contribution in [0.3, 0.4) is 0 Å². The maximum absolute atomic E-state index is 9.93. The third-order valence-corrected chi connectivity index (χ3v) is 5.85. The second-order valence-electron chi connectivity index (χ2n) is 7.84. The van der Waals surface area contributed by atoms with Crippen molar-refractivity contribution < 1.29 is 14.4 Å². The first kappa shape index (κ1) is 21.5. The van der Waals surface area contributed by atoms with E-state index in [1.54, 1.807) is 18.2 Å². The van der Waals surface area contributed by atoms with Gasteiger partial charge in [-0.3, -0.25) is 0 Å². The number of phenolic OH excluding ortho intramolecular Hbond substituents is 1. The summed E-state index contributed by atoms with van der Waals surface area (Å²) in [6.07, 6.45) is 2.08. The molecule has 31 heavy (non-hydrogen) atoms. The normalized spacial score (nSPS) is 18.1. The summed E-state index contributed by atoms with van der Waals surface area (Å²) in [5.74, 6) is 1.85. The average Bonchev–Trinajstić information content (AvgIpc) is 3.25. The SMILES string of the molecule is CC.CN1CCC(c2noc3c(N4CCOCC4)nc(-c4cccc(O)c4)nc23)CC1. The molecule has 0 bridgehead atoms. The number of benzene rings is 1. The highest BCUT2D eigenvalue weighted by molar-refractivity contribution is 5.88. The van der Waals surface area contributed by atoms with Crippen molar-refractivity contribution >= 4 is 16.9 Å². The number of phenols is 1. The Morgan fingerprint density at radius 1 is 1.03 bits per heavy atom. The number of likely N-dealkylation sites (tertiary alicyclic amines) is 1. The number of aromatic hydroxyl groups is 1. The summed E-state index contributed by atoms with van der Waals surface area (Å²) >= 11 is 0. The van der Waals surface area contributed by atoms with Crippen molar-refractivity contribution in [1.29, 1.82) is 0 Å². The topological polar surface area (TPSA) is 87.8 Å². The number of piperidine rings is 1.